The summed E-state index contributed by atoms with van der Waals surface area (Å²) in [5, 5.41) is 5.01. The van der Waals surface area contributed by atoms with E-state index in [4.69, 9.17) is 32.7 Å². The van der Waals surface area contributed by atoms with Crippen LogP contribution in [0.25, 0.3) is 0 Å². The molecule has 4 aromatic carbocycles. The van der Waals surface area contributed by atoms with Crippen LogP contribution in [0.5, 0.6) is 11.5 Å². The Hall–Kier alpha value is -4.05. The molecule has 0 saturated carbocycles. The first-order chi connectivity index (χ1) is 19.8. The van der Waals surface area contributed by atoms with Crippen molar-refractivity contribution in [3.05, 3.63) is 118 Å². The second-order valence-corrected chi connectivity index (χ2v) is 11.3. The van der Waals surface area contributed by atoms with Crippen molar-refractivity contribution in [2.24, 2.45) is 5.10 Å². The molecule has 0 aromatic heterocycles. The summed E-state index contributed by atoms with van der Waals surface area (Å²) >= 11 is 12.1. The predicted molar refractivity (Wildman–Crippen MR) is 162 cm³/mol. The molecule has 4 aromatic rings. The number of hydrogen-bond acceptors (Lipinski definition) is 6. The Kier molecular flexibility index (Phi) is 10.2. The van der Waals surface area contributed by atoms with Gasteiger partial charge in [0.2, 0.25) is 0 Å². The molecule has 0 atom stereocenters. The van der Waals surface area contributed by atoms with E-state index in [1.165, 1.54) is 30.5 Å². The number of sulfonamides is 1. The van der Waals surface area contributed by atoms with Crippen molar-refractivity contribution >= 4 is 51.0 Å². The Morgan fingerprint density at radius 3 is 2.29 bits per heavy atom. The number of anilines is 1. The van der Waals surface area contributed by atoms with E-state index in [9.17, 15) is 13.2 Å². The second kappa shape index (κ2) is 14.0. The maximum Gasteiger partial charge on any atom is 0.264 e. The van der Waals surface area contributed by atoms with Gasteiger partial charge in [0, 0.05) is 15.6 Å². The van der Waals surface area contributed by atoms with Crippen molar-refractivity contribution in [2.75, 3.05) is 17.5 Å². The van der Waals surface area contributed by atoms with Crippen LogP contribution < -0.4 is 19.2 Å². The third-order valence-corrected chi connectivity index (χ3v) is 8.15. The summed E-state index contributed by atoms with van der Waals surface area (Å²) < 4.78 is 39.6. The average Bonchev–Trinajstić information content (AvgIpc) is 2.97. The lowest BCUT2D eigenvalue weighted by molar-refractivity contribution is -0.119. The van der Waals surface area contributed by atoms with E-state index in [2.05, 4.69) is 10.5 Å². The summed E-state index contributed by atoms with van der Waals surface area (Å²) in [4.78, 5) is 12.9. The topological polar surface area (TPSA) is 97.3 Å². The summed E-state index contributed by atoms with van der Waals surface area (Å²) in [7, 11) is -4.16. The molecule has 0 saturated heterocycles. The number of hydrogen-bond donors (Lipinski definition) is 1. The van der Waals surface area contributed by atoms with Gasteiger partial charge in [-0.15, -0.1) is 0 Å². The Balaban J connectivity index is 1.45. The molecular weight excluding hydrogens is 585 g/mol. The van der Waals surface area contributed by atoms with E-state index in [1.807, 2.05) is 18.2 Å². The normalized spacial score (nSPS) is 11.3. The van der Waals surface area contributed by atoms with Crippen molar-refractivity contribution in [2.45, 2.75) is 18.4 Å². The SMILES string of the molecule is CCOc1ccccc1N(CC(=O)N/N=C\c1ccc(OCc2ccccc2Cl)cc1)S(=O)(=O)c1ccc(Cl)cc1. The van der Waals surface area contributed by atoms with Gasteiger partial charge in [0.05, 0.1) is 23.4 Å². The number of para-hydroxylation sites is 2. The molecule has 8 nitrogen and oxygen atoms in total. The summed E-state index contributed by atoms with van der Waals surface area (Å²) in [6.45, 7) is 1.88. The molecule has 0 aliphatic heterocycles. The first kappa shape index (κ1) is 29.9. The summed E-state index contributed by atoms with van der Waals surface area (Å²) in [5.74, 6) is 0.313. The fourth-order valence-electron chi connectivity index (χ4n) is 3.75. The zero-order valence-corrected chi connectivity index (χ0v) is 24.4. The zero-order valence-electron chi connectivity index (χ0n) is 22.0. The summed E-state index contributed by atoms with van der Waals surface area (Å²) in [6, 6.07) is 26.8. The lowest BCUT2D eigenvalue weighted by Crippen LogP contribution is -2.39. The first-order valence-electron chi connectivity index (χ1n) is 12.6. The van der Waals surface area contributed by atoms with Crippen LogP contribution in [-0.2, 0) is 21.4 Å². The smallest absolute Gasteiger partial charge is 0.264 e. The van der Waals surface area contributed by atoms with Gasteiger partial charge in [-0.3, -0.25) is 9.10 Å². The van der Waals surface area contributed by atoms with Gasteiger partial charge in [-0.25, -0.2) is 13.8 Å². The molecule has 11 heteroatoms. The number of carbonyl (C=O) groups excluding carboxylic acids is 1. The van der Waals surface area contributed by atoms with Gasteiger partial charge in [0.1, 0.15) is 24.7 Å². The third kappa shape index (κ3) is 8.00. The molecule has 0 bridgehead atoms. The highest BCUT2D eigenvalue weighted by Gasteiger charge is 2.29. The molecule has 1 N–H and O–H groups in total. The molecule has 0 spiro atoms. The monoisotopic (exact) mass is 611 g/mol. The second-order valence-electron chi connectivity index (χ2n) is 8.61. The largest absolute Gasteiger partial charge is 0.492 e. The van der Waals surface area contributed by atoms with Crippen LogP contribution in [0.15, 0.2) is 107 Å². The molecular formula is C30H27Cl2N3O5S. The number of rotatable bonds is 12. The van der Waals surface area contributed by atoms with Crippen LogP contribution in [0.4, 0.5) is 5.69 Å². The fraction of sp³-hybridized carbons (Fsp3) is 0.133. The highest BCUT2D eigenvalue weighted by Crippen LogP contribution is 2.32. The molecule has 0 heterocycles. The van der Waals surface area contributed by atoms with Crippen LogP contribution in [0.1, 0.15) is 18.1 Å². The zero-order chi connectivity index (χ0) is 29.2. The first-order valence-corrected chi connectivity index (χ1v) is 14.8. The van der Waals surface area contributed by atoms with Gasteiger partial charge >= 0.3 is 0 Å². The number of benzene rings is 4. The average molecular weight is 613 g/mol. The maximum atomic E-state index is 13.6. The van der Waals surface area contributed by atoms with Crippen LogP contribution >= 0.6 is 23.2 Å². The van der Waals surface area contributed by atoms with E-state index in [-0.39, 0.29) is 10.6 Å². The van der Waals surface area contributed by atoms with E-state index >= 15 is 0 Å². The van der Waals surface area contributed by atoms with E-state index < -0.39 is 22.5 Å². The highest BCUT2D eigenvalue weighted by atomic mass is 35.5. The molecule has 0 aliphatic carbocycles. The molecule has 0 radical (unpaired) electrons. The number of carbonyl (C=O) groups is 1. The molecule has 0 aliphatic rings. The Bertz CT molecular complexity index is 1610. The van der Waals surface area contributed by atoms with E-state index in [1.54, 1.807) is 61.5 Å². The van der Waals surface area contributed by atoms with E-state index in [0.29, 0.717) is 40.3 Å². The van der Waals surface area contributed by atoms with Crippen molar-refractivity contribution in [3.63, 3.8) is 0 Å². The lowest BCUT2D eigenvalue weighted by atomic mass is 10.2. The minimum atomic E-state index is -4.16. The van der Waals surface area contributed by atoms with Crippen molar-refractivity contribution in [3.8, 4) is 11.5 Å². The molecule has 212 valence electrons. The van der Waals surface area contributed by atoms with Crippen molar-refractivity contribution in [1.29, 1.82) is 0 Å². The van der Waals surface area contributed by atoms with Crippen LogP contribution in [0.3, 0.4) is 0 Å². The summed E-state index contributed by atoms with van der Waals surface area (Å²) in [6.07, 6.45) is 1.45. The van der Waals surface area contributed by atoms with Gasteiger partial charge in [0.15, 0.2) is 0 Å². The lowest BCUT2D eigenvalue weighted by Gasteiger charge is -2.25. The number of nitrogens with one attached hydrogen (secondary N) is 1. The third-order valence-electron chi connectivity index (χ3n) is 5.76. The van der Waals surface area contributed by atoms with Crippen LogP contribution in [0.2, 0.25) is 10.0 Å². The number of hydrazone groups is 1. The van der Waals surface area contributed by atoms with Gasteiger partial charge in [0.25, 0.3) is 15.9 Å². The number of halogens is 2. The van der Waals surface area contributed by atoms with E-state index in [0.717, 1.165) is 9.87 Å². The number of ether oxygens (including phenoxy) is 2. The van der Waals surface area contributed by atoms with Crippen molar-refractivity contribution in [1.82, 2.24) is 5.43 Å². The van der Waals surface area contributed by atoms with Gasteiger partial charge < -0.3 is 9.47 Å². The number of amides is 1. The summed E-state index contributed by atoms with van der Waals surface area (Å²) in [5.41, 5.74) is 4.19. The number of nitrogens with zero attached hydrogens (tertiary/aromatic N) is 2. The Morgan fingerprint density at radius 2 is 1.59 bits per heavy atom. The minimum Gasteiger partial charge on any atom is -0.492 e. The predicted octanol–water partition coefficient (Wildman–Crippen LogP) is 6.32. The molecule has 0 fully saturated rings. The quantitative estimate of drug-likeness (QED) is 0.149. The van der Waals surface area contributed by atoms with Crippen LogP contribution in [-0.4, -0.2) is 33.7 Å². The standard InChI is InChI=1S/C30H27Cl2N3O5S/c1-2-39-29-10-6-5-9-28(29)35(41(37,38)26-17-13-24(31)14-18-26)20-30(36)34-33-19-22-11-15-25(16-12-22)40-21-23-7-3-4-8-27(23)32/h3-19H,2,20-21H2,1H3,(H,34,36)/b33-19-. The molecule has 41 heavy (non-hydrogen) atoms. The molecule has 4 rings (SSSR count). The van der Waals surface area contributed by atoms with Crippen LogP contribution in [0, 0.1) is 0 Å². The van der Waals surface area contributed by atoms with Gasteiger partial charge in [-0.05, 0) is 79.2 Å². The van der Waals surface area contributed by atoms with Gasteiger partial charge in [-0.2, -0.15) is 5.10 Å². The van der Waals surface area contributed by atoms with Gasteiger partial charge in [-0.1, -0.05) is 53.5 Å². The minimum absolute atomic E-state index is 0.0265. The Morgan fingerprint density at radius 1 is 0.902 bits per heavy atom. The molecule has 0 unspecified atom stereocenters. The highest BCUT2D eigenvalue weighted by molar-refractivity contribution is 7.92. The van der Waals surface area contributed by atoms with Crippen molar-refractivity contribution < 1.29 is 22.7 Å². The fourth-order valence-corrected chi connectivity index (χ4v) is 5.49. The maximum absolute atomic E-state index is 13.6. The molecule has 1 amide bonds. The Labute approximate surface area is 249 Å².